The molecule has 0 saturated carbocycles. The summed E-state index contributed by atoms with van der Waals surface area (Å²) in [7, 11) is -1.15. The van der Waals surface area contributed by atoms with E-state index in [1.165, 1.54) is 0 Å². The van der Waals surface area contributed by atoms with Crippen LogP contribution in [-0.4, -0.2) is 36.0 Å². The summed E-state index contributed by atoms with van der Waals surface area (Å²) in [5.74, 6) is 6.00. The average Bonchev–Trinajstić information content (AvgIpc) is 2.42. The van der Waals surface area contributed by atoms with Gasteiger partial charge in [-0.3, -0.25) is 0 Å². The highest BCUT2D eigenvalue weighted by Crippen LogP contribution is 2.47. The van der Waals surface area contributed by atoms with Gasteiger partial charge in [0.1, 0.15) is 6.61 Å². The summed E-state index contributed by atoms with van der Waals surface area (Å²) in [4.78, 5) is 3.34. The van der Waals surface area contributed by atoms with E-state index in [1.807, 2.05) is 6.92 Å². The van der Waals surface area contributed by atoms with Gasteiger partial charge in [0.15, 0.2) is 0 Å². The molecule has 0 heterocycles. The van der Waals surface area contributed by atoms with Crippen LogP contribution >= 0.6 is 8.53 Å². The van der Waals surface area contributed by atoms with E-state index in [9.17, 15) is 0 Å². The van der Waals surface area contributed by atoms with E-state index < -0.39 is 8.53 Å². The van der Waals surface area contributed by atoms with Crippen LogP contribution in [0.3, 0.4) is 0 Å². The smallest absolute Gasteiger partial charge is 0.259 e. The van der Waals surface area contributed by atoms with Crippen molar-refractivity contribution in [3.63, 3.8) is 0 Å². The molecule has 0 bridgehead atoms. The third-order valence-electron chi connectivity index (χ3n) is 2.85. The van der Waals surface area contributed by atoms with Crippen LogP contribution < -0.4 is 0 Å². The Morgan fingerprint density at radius 2 is 1.86 bits per heavy atom. The predicted molar refractivity (Wildman–Crippen MR) is 89.7 cm³/mol. The van der Waals surface area contributed by atoms with Crippen LogP contribution in [-0.2, 0) is 9.05 Å². The van der Waals surface area contributed by atoms with Crippen molar-refractivity contribution >= 4 is 8.53 Å². The average molecular weight is 312 g/mol. The molecule has 0 aliphatic heterocycles. The molecule has 0 aromatic carbocycles. The molecule has 0 saturated heterocycles. The third kappa shape index (κ3) is 8.40. The first-order chi connectivity index (χ1) is 9.97. The summed E-state index contributed by atoms with van der Waals surface area (Å²) >= 11 is 0. The summed E-state index contributed by atoms with van der Waals surface area (Å²) in [5, 5.41) is 0. The van der Waals surface area contributed by atoms with E-state index in [-0.39, 0.29) is 6.10 Å². The van der Waals surface area contributed by atoms with E-state index in [0.29, 0.717) is 25.2 Å². The highest BCUT2D eigenvalue weighted by Gasteiger charge is 2.29. The molecule has 2 unspecified atom stereocenters. The molecular weight excluding hydrogens is 283 g/mol. The lowest BCUT2D eigenvalue weighted by molar-refractivity contribution is 0.133. The largest absolute Gasteiger partial charge is 0.318 e. The van der Waals surface area contributed by atoms with Crippen LogP contribution in [0.4, 0.5) is 0 Å². The summed E-state index contributed by atoms with van der Waals surface area (Å²) in [6.45, 7) is 20.2. The molecule has 120 valence electrons. The molecule has 21 heavy (non-hydrogen) atoms. The molecule has 0 rings (SSSR count). The van der Waals surface area contributed by atoms with Crippen LogP contribution in [0.15, 0.2) is 0 Å². The number of rotatable bonds is 10. The Morgan fingerprint density at radius 3 is 2.29 bits per heavy atom. The van der Waals surface area contributed by atoms with Crippen LogP contribution in [0.25, 0.3) is 4.85 Å². The zero-order chi connectivity index (χ0) is 16.3. The SMILES string of the molecule is [C-]#[N+]CCOP(OC(CC)CC#CC)N(C(C)C)C(C)C. The van der Waals surface area contributed by atoms with Crippen LogP contribution in [0.1, 0.15) is 54.4 Å². The lowest BCUT2D eigenvalue weighted by Crippen LogP contribution is -2.34. The van der Waals surface area contributed by atoms with Gasteiger partial charge in [0.25, 0.3) is 8.53 Å². The van der Waals surface area contributed by atoms with E-state index in [0.717, 1.165) is 12.8 Å². The van der Waals surface area contributed by atoms with E-state index in [1.54, 1.807) is 0 Å². The van der Waals surface area contributed by atoms with Crippen molar-refractivity contribution in [3.05, 3.63) is 11.4 Å². The first-order valence-electron chi connectivity index (χ1n) is 7.58. The molecule has 0 fully saturated rings. The zero-order valence-electron chi connectivity index (χ0n) is 14.2. The molecule has 0 spiro atoms. The molecule has 0 radical (unpaired) electrons. The van der Waals surface area contributed by atoms with Crippen molar-refractivity contribution in [2.45, 2.75) is 72.6 Å². The highest BCUT2D eigenvalue weighted by molar-refractivity contribution is 7.44. The molecule has 0 N–H and O–H groups in total. The van der Waals surface area contributed by atoms with Crippen LogP contribution in [0.2, 0.25) is 0 Å². The molecule has 0 amide bonds. The van der Waals surface area contributed by atoms with Crippen molar-refractivity contribution < 1.29 is 9.05 Å². The number of hydrogen-bond acceptors (Lipinski definition) is 3. The lowest BCUT2D eigenvalue weighted by Gasteiger charge is -2.36. The van der Waals surface area contributed by atoms with Crippen molar-refractivity contribution in [2.75, 3.05) is 13.2 Å². The Bertz CT molecular complexity index is 361. The van der Waals surface area contributed by atoms with Gasteiger partial charge in [0, 0.05) is 18.5 Å². The first kappa shape index (κ1) is 20.4. The van der Waals surface area contributed by atoms with Crippen molar-refractivity contribution in [2.24, 2.45) is 0 Å². The van der Waals surface area contributed by atoms with E-state index >= 15 is 0 Å². The molecule has 2 atom stereocenters. The Labute approximate surface area is 132 Å². The summed E-state index contributed by atoms with van der Waals surface area (Å²) in [6, 6.07) is 0.664. The second-order valence-electron chi connectivity index (χ2n) is 5.29. The standard InChI is InChI=1S/C16H29N2O2P/c1-8-10-11-16(9-2)20-21(19-13-12-17-7)18(14(3)4)15(5)6/h14-16H,9,11-13H2,1-6H3. The van der Waals surface area contributed by atoms with Gasteiger partial charge >= 0.3 is 0 Å². The van der Waals surface area contributed by atoms with Crippen LogP contribution in [0, 0.1) is 18.4 Å². The predicted octanol–water partition coefficient (Wildman–Crippen LogP) is 4.48. The molecular formula is C16H29N2O2P. The Hall–Kier alpha value is -0.640. The Balaban J connectivity index is 4.90. The van der Waals surface area contributed by atoms with Gasteiger partial charge in [0.05, 0.1) is 6.10 Å². The highest BCUT2D eigenvalue weighted by atomic mass is 31.2. The van der Waals surface area contributed by atoms with Gasteiger partial charge in [-0.25, -0.2) is 11.2 Å². The summed E-state index contributed by atoms with van der Waals surface area (Å²) < 4.78 is 14.3. The van der Waals surface area contributed by atoms with Crippen molar-refractivity contribution in [3.8, 4) is 11.8 Å². The van der Waals surface area contributed by atoms with Gasteiger partial charge in [-0.15, -0.1) is 11.8 Å². The normalized spacial score (nSPS) is 13.9. The second-order valence-corrected chi connectivity index (χ2v) is 6.69. The maximum Gasteiger partial charge on any atom is 0.259 e. The summed E-state index contributed by atoms with van der Waals surface area (Å²) in [6.07, 6.45) is 1.71. The molecule has 0 aromatic heterocycles. The third-order valence-corrected chi connectivity index (χ3v) is 5.04. The lowest BCUT2D eigenvalue weighted by atomic mass is 10.2. The topological polar surface area (TPSA) is 26.1 Å². The maximum atomic E-state index is 6.87. The Morgan fingerprint density at radius 1 is 1.24 bits per heavy atom. The molecule has 0 aliphatic rings. The van der Waals surface area contributed by atoms with E-state index in [2.05, 4.69) is 56.0 Å². The summed E-state index contributed by atoms with van der Waals surface area (Å²) in [5.41, 5.74) is 0. The van der Waals surface area contributed by atoms with Crippen molar-refractivity contribution in [1.29, 1.82) is 0 Å². The molecule has 4 nitrogen and oxygen atoms in total. The first-order valence-corrected chi connectivity index (χ1v) is 8.71. The van der Waals surface area contributed by atoms with Gasteiger partial charge < -0.3 is 13.9 Å². The molecule has 5 heteroatoms. The number of hydrogen-bond donors (Lipinski definition) is 0. The minimum atomic E-state index is -1.15. The minimum Gasteiger partial charge on any atom is -0.318 e. The van der Waals surface area contributed by atoms with E-state index in [4.69, 9.17) is 15.6 Å². The maximum absolute atomic E-state index is 6.87. The zero-order valence-corrected chi connectivity index (χ0v) is 15.1. The minimum absolute atomic E-state index is 0.0801. The monoisotopic (exact) mass is 312 g/mol. The Kier molecular flexibility index (Phi) is 11.6. The van der Waals surface area contributed by atoms with Gasteiger partial charge in [-0.05, 0) is 41.0 Å². The quantitative estimate of drug-likeness (QED) is 0.257. The van der Waals surface area contributed by atoms with Gasteiger partial charge in [0.2, 0.25) is 6.54 Å². The van der Waals surface area contributed by atoms with Crippen molar-refractivity contribution in [1.82, 2.24) is 4.67 Å². The molecule has 0 aromatic rings. The second kappa shape index (κ2) is 12.0. The fourth-order valence-corrected chi connectivity index (χ4v) is 3.66. The van der Waals surface area contributed by atoms with Gasteiger partial charge in [-0.2, -0.15) is 0 Å². The fourth-order valence-electron chi connectivity index (χ4n) is 1.89. The molecule has 0 aliphatic carbocycles. The van der Waals surface area contributed by atoms with Gasteiger partial charge in [-0.1, -0.05) is 6.92 Å². The number of nitrogens with zero attached hydrogens (tertiary/aromatic N) is 2. The fraction of sp³-hybridized carbons (Fsp3) is 0.812. The van der Waals surface area contributed by atoms with Crippen LogP contribution in [0.5, 0.6) is 0 Å².